The molecule has 0 saturated carbocycles. The van der Waals surface area contributed by atoms with E-state index in [2.05, 4.69) is 27.4 Å². The Hall–Kier alpha value is -1.27. The predicted octanol–water partition coefficient (Wildman–Crippen LogP) is 0.310. The third-order valence-corrected chi connectivity index (χ3v) is 2.20. The monoisotopic (exact) mass is 161 g/mol. The summed E-state index contributed by atoms with van der Waals surface area (Å²) in [4.78, 5) is 6.50. The van der Waals surface area contributed by atoms with Gasteiger partial charge < -0.3 is 4.57 Å². The highest BCUT2D eigenvalue weighted by molar-refractivity contribution is 5.25. The third kappa shape index (κ3) is 1.01. The van der Waals surface area contributed by atoms with Crippen molar-refractivity contribution in [1.29, 1.82) is 0 Å². The predicted molar refractivity (Wildman–Crippen MR) is 46.5 cm³/mol. The van der Waals surface area contributed by atoms with E-state index in [-0.39, 0.29) is 0 Å². The Morgan fingerprint density at radius 2 is 2.42 bits per heavy atom. The van der Waals surface area contributed by atoms with E-state index >= 15 is 0 Å². The van der Waals surface area contributed by atoms with Gasteiger partial charge in [-0.3, -0.25) is 4.90 Å². The molecule has 0 amide bonds. The SMILES string of the molecule is C#Cc1cnc2n1CCN(C)C2. The highest BCUT2D eigenvalue weighted by Gasteiger charge is 2.15. The Bertz CT molecular complexity index is 332. The van der Waals surface area contributed by atoms with Crippen LogP contribution in [-0.2, 0) is 13.1 Å². The largest absolute Gasteiger partial charge is 0.319 e. The lowest BCUT2D eigenvalue weighted by Crippen LogP contribution is -2.30. The van der Waals surface area contributed by atoms with Crippen LogP contribution < -0.4 is 0 Å². The lowest BCUT2D eigenvalue weighted by molar-refractivity contribution is 0.264. The standard InChI is InChI=1S/C9H11N3/c1-3-8-6-10-9-7-11(2)4-5-12(8)9/h1,6H,4-5,7H2,2H3. The first-order valence-electron chi connectivity index (χ1n) is 4.01. The number of terminal acetylenes is 1. The first kappa shape index (κ1) is 7.38. The number of nitrogens with zero attached hydrogens (tertiary/aromatic N) is 3. The first-order valence-corrected chi connectivity index (χ1v) is 4.01. The van der Waals surface area contributed by atoms with E-state index in [4.69, 9.17) is 6.42 Å². The van der Waals surface area contributed by atoms with Crippen molar-refractivity contribution in [3.05, 3.63) is 17.7 Å². The van der Waals surface area contributed by atoms with Gasteiger partial charge in [-0.05, 0) is 7.05 Å². The minimum Gasteiger partial charge on any atom is -0.319 e. The highest BCUT2D eigenvalue weighted by atomic mass is 15.2. The molecule has 3 heteroatoms. The van der Waals surface area contributed by atoms with Crippen molar-refractivity contribution in [3.8, 4) is 12.3 Å². The van der Waals surface area contributed by atoms with E-state index in [1.54, 1.807) is 6.20 Å². The molecule has 2 heterocycles. The first-order chi connectivity index (χ1) is 5.81. The van der Waals surface area contributed by atoms with Gasteiger partial charge in [0.2, 0.25) is 0 Å². The van der Waals surface area contributed by atoms with Crippen molar-refractivity contribution in [2.45, 2.75) is 13.1 Å². The molecule has 12 heavy (non-hydrogen) atoms. The van der Waals surface area contributed by atoms with E-state index in [0.29, 0.717) is 0 Å². The molecule has 0 unspecified atom stereocenters. The van der Waals surface area contributed by atoms with Crippen LogP contribution in [0.3, 0.4) is 0 Å². The summed E-state index contributed by atoms with van der Waals surface area (Å²) in [5, 5.41) is 0. The van der Waals surface area contributed by atoms with Gasteiger partial charge in [-0.2, -0.15) is 0 Å². The van der Waals surface area contributed by atoms with Gasteiger partial charge >= 0.3 is 0 Å². The highest BCUT2D eigenvalue weighted by Crippen LogP contribution is 2.11. The van der Waals surface area contributed by atoms with E-state index < -0.39 is 0 Å². The minimum absolute atomic E-state index is 0.901. The van der Waals surface area contributed by atoms with Crippen LogP contribution in [-0.4, -0.2) is 28.0 Å². The molecule has 0 atom stereocenters. The van der Waals surface area contributed by atoms with E-state index in [9.17, 15) is 0 Å². The lowest BCUT2D eigenvalue weighted by atomic mass is 10.3. The molecule has 62 valence electrons. The molecule has 1 aromatic rings. The number of aromatic nitrogens is 2. The number of fused-ring (bicyclic) bond motifs is 1. The fourth-order valence-corrected chi connectivity index (χ4v) is 1.50. The number of hydrogen-bond acceptors (Lipinski definition) is 2. The van der Waals surface area contributed by atoms with Gasteiger partial charge in [0.1, 0.15) is 11.5 Å². The van der Waals surface area contributed by atoms with E-state index in [0.717, 1.165) is 31.2 Å². The zero-order chi connectivity index (χ0) is 8.55. The molecule has 2 rings (SSSR count). The quantitative estimate of drug-likeness (QED) is 0.511. The maximum Gasteiger partial charge on any atom is 0.123 e. The molecule has 0 fully saturated rings. The van der Waals surface area contributed by atoms with Crippen LogP contribution in [0.15, 0.2) is 6.20 Å². The van der Waals surface area contributed by atoms with Crippen molar-refractivity contribution >= 4 is 0 Å². The van der Waals surface area contributed by atoms with Crippen molar-refractivity contribution in [1.82, 2.24) is 14.5 Å². The fraction of sp³-hybridized carbons (Fsp3) is 0.444. The molecule has 0 aromatic carbocycles. The van der Waals surface area contributed by atoms with Crippen LogP contribution in [0.25, 0.3) is 0 Å². The Morgan fingerprint density at radius 1 is 1.58 bits per heavy atom. The van der Waals surface area contributed by atoms with Gasteiger partial charge in [0.05, 0.1) is 12.7 Å². The number of imidazole rings is 1. The molecule has 0 spiro atoms. The Labute approximate surface area is 72.0 Å². The van der Waals surface area contributed by atoms with Gasteiger partial charge in [-0.1, -0.05) is 5.92 Å². The normalized spacial score (nSPS) is 17.0. The van der Waals surface area contributed by atoms with Crippen LogP contribution in [0, 0.1) is 12.3 Å². The number of likely N-dealkylation sites (N-methyl/N-ethyl adjacent to an activating group) is 1. The molecule has 0 bridgehead atoms. The minimum atomic E-state index is 0.901. The van der Waals surface area contributed by atoms with Crippen LogP contribution in [0.4, 0.5) is 0 Å². The third-order valence-electron chi connectivity index (χ3n) is 2.20. The number of hydrogen-bond donors (Lipinski definition) is 0. The van der Waals surface area contributed by atoms with Crippen LogP contribution in [0.1, 0.15) is 11.5 Å². The van der Waals surface area contributed by atoms with Crippen LogP contribution in [0.2, 0.25) is 0 Å². The molecule has 0 radical (unpaired) electrons. The second-order valence-corrected chi connectivity index (χ2v) is 3.09. The summed E-state index contributed by atoms with van der Waals surface area (Å²) in [6, 6.07) is 0. The molecule has 3 nitrogen and oxygen atoms in total. The average molecular weight is 161 g/mol. The van der Waals surface area contributed by atoms with E-state index in [1.807, 2.05) is 0 Å². The van der Waals surface area contributed by atoms with Crippen molar-refractivity contribution in [3.63, 3.8) is 0 Å². The second kappa shape index (κ2) is 2.65. The molecule has 1 aliphatic heterocycles. The number of rotatable bonds is 0. The molecular weight excluding hydrogens is 150 g/mol. The second-order valence-electron chi connectivity index (χ2n) is 3.09. The molecule has 0 aliphatic carbocycles. The van der Waals surface area contributed by atoms with Gasteiger partial charge in [0, 0.05) is 13.1 Å². The lowest BCUT2D eigenvalue weighted by Gasteiger charge is -2.23. The maximum atomic E-state index is 5.33. The molecule has 1 aromatic heterocycles. The maximum absolute atomic E-state index is 5.33. The summed E-state index contributed by atoms with van der Waals surface area (Å²) in [7, 11) is 2.09. The van der Waals surface area contributed by atoms with E-state index in [1.165, 1.54) is 0 Å². The average Bonchev–Trinajstić information content (AvgIpc) is 2.46. The van der Waals surface area contributed by atoms with Crippen molar-refractivity contribution in [2.75, 3.05) is 13.6 Å². The van der Waals surface area contributed by atoms with Gasteiger partial charge in [-0.25, -0.2) is 4.98 Å². The summed E-state index contributed by atoms with van der Waals surface area (Å²) < 4.78 is 2.11. The smallest absolute Gasteiger partial charge is 0.123 e. The molecule has 1 aliphatic rings. The van der Waals surface area contributed by atoms with Crippen molar-refractivity contribution < 1.29 is 0 Å². The van der Waals surface area contributed by atoms with Gasteiger partial charge in [0.25, 0.3) is 0 Å². The summed E-state index contributed by atoms with van der Waals surface area (Å²) in [6.07, 6.45) is 7.10. The molecule has 0 saturated heterocycles. The van der Waals surface area contributed by atoms with Crippen LogP contribution in [0.5, 0.6) is 0 Å². The zero-order valence-corrected chi connectivity index (χ0v) is 7.12. The summed E-state index contributed by atoms with van der Waals surface area (Å²) >= 11 is 0. The Balaban J connectivity index is 2.40. The summed E-state index contributed by atoms with van der Waals surface area (Å²) in [5.74, 6) is 3.71. The topological polar surface area (TPSA) is 21.1 Å². The van der Waals surface area contributed by atoms with Gasteiger partial charge in [0.15, 0.2) is 0 Å². The zero-order valence-electron chi connectivity index (χ0n) is 7.12. The van der Waals surface area contributed by atoms with Crippen LogP contribution >= 0.6 is 0 Å². The summed E-state index contributed by atoms with van der Waals surface area (Å²) in [5.41, 5.74) is 0.901. The van der Waals surface area contributed by atoms with Crippen molar-refractivity contribution in [2.24, 2.45) is 0 Å². The van der Waals surface area contributed by atoms with Gasteiger partial charge in [-0.15, -0.1) is 6.42 Å². The molecular formula is C9H11N3. The Kier molecular flexibility index (Phi) is 1.63. The summed E-state index contributed by atoms with van der Waals surface area (Å²) in [6.45, 7) is 2.92. The fourth-order valence-electron chi connectivity index (χ4n) is 1.50. The Morgan fingerprint density at radius 3 is 3.17 bits per heavy atom. The molecule has 0 N–H and O–H groups in total.